The van der Waals surface area contributed by atoms with Crippen molar-refractivity contribution in [1.29, 1.82) is 0 Å². The van der Waals surface area contributed by atoms with Crippen molar-refractivity contribution >= 4 is 17.6 Å². The predicted octanol–water partition coefficient (Wildman–Crippen LogP) is 2.43. The molecule has 15 heavy (non-hydrogen) atoms. The van der Waals surface area contributed by atoms with Crippen molar-refractivity contribution in [2.75, 3.05) is 6.61 Å². The number of aromatic nitrogens is 2. The first kappa shape index (κ1) is 11.9. The highest BCUT2D eigenvalue weighted by molar-refractivity contribution is 6.28. The number of ether oxygens (including phenoxy) is 1. The first-order chi connectivity index (χ1) is 7.04. The maximum absolute atomic E-state index is 11.4. The lowest BCUT2D eigenvalue weighted by atomic mass is 10.1. The van der Waals surface area contributed by atoms with Crippen molar-refractivity contribution < 1.29 is 9.53 Å². The molecule has 0 atom stereocenters. The van der Waals surface area contributed by atoms with E-state index in [4.69, 9.17) is 16.3 Å². The van der Waals surface area contributed by atoms with Crippen LogP contribution >= 0.6 is 11.6 Å². The van der Waals surface area contributed by atoms with Gasteiger partial charge in [-0.05, 0) is 30.5 Å². The summed E-state index contributed by atoms with van der Waals surface area (Å²) < 4.78 is 4.83. The van der Waals surface area contributed by atoms with Crippen LogP contribution in [0.25, 0.3) is 0 Å². The molecule has 0 aromatic carbocycles. The van der Waals surface area contributed by atoms with Gasteiger partial charge in [-0.2, -0.15) is 0 Å². The minimum atomic E-state index is -0.469. The van der Waals surface area contributed by atoms with Crippen molar-refractivity contribution in [3.8, 4) is 0 Å². The Morgan fingerprint density at radius 2 is 2.20 bits per heavy atom. The zero-order valence-electron chi connectivity index (χ0n) is 8.95. The van der Waals surface area contributed by atoms with Gasteiger partial charge in [-0.1, -0.05) is 13.8 Å². The third-order valence-corrected chi connectivity index (χ3v) is 1.96. The summed E-state index contributed by atoms with van der Waals surface area (Å²) in [6.07, 6.45) is 0. The summed E-state index contributed by atoms with van der Waals surface area (Å²) >= 11 is 5.71. The molecule has 1 aromatic heterocycles. The Morgan fingerprint density at radius 1 is 1.53 bits per heavy atom. The third kappa shape index (κ3) is 3.16. The van der Waals surface area contributed by atoms with Crippen molar-refractivity contribution in [3.05, 3.63) is 22.7 Å². The highest BCUT2D eigenvalue weighted by atomic mass is 35.5. The first-order valence-corrected chi connectivity index (χ1v) is 5.14. The van der Waals surface area contributed by atoms with Crippen molar-refractivity contribution in [2.45, 2.75) is 26.7 Å². The second-order valence-electron chi connectivity index (χ2n) is 3.32. The molecule has 1 heterocycles. The molecule has 1 aromatic rings. The van der Waals surface area contributed by atoms with Gasteiger partial charge in [0.2, 0.25) is 5.28 Å². The van der Waals surface area contributed by atoms with Gasteiger partial charge in [0, 0.05) is 5.69 Å². The molecular weight excluding hydrogens is 216 g/mol. The van der Waals surface area contributed by atoms with Gasteiger partial charge in [0.25, 0.3) is 0 Å². The summed E-state index contributed by atoms with van der Waals surface area (Å²) in [5.74, 6) is -0.276. The predicted molar refractivity (Wildman–Crippen MR) is 57.1 cm³/mol. The van der Waals surface area contributed by atoms with Crippen LogP contribution in [0.3, 0.4) is 0 Å². The fourth-order valence-electron chi connectivity index (χ4n) is 1.04. The SMILES string of the molecule is CCOC(=O)c1cc(C(C)C)nc(Cl)n1. The molecule has 0 saturated carbocycles. The van der Waals surface area contributed by atoms with Gasteiger partial charge in [0.05, 0.1) is 6.61 Å². The molecule has 0 aliphatic rings. The van der Waals surface area contributed by atoms with Crippen molar-refractivity contribution in [3.63, 3.8) is 0 Å². The molecule has 0 N–H and O–H groups in total. The largest absolute Gasteiger partial charge is 0.461 e. The van der Waals surface area contributed by atoms with Gasteiger partial charge in [0.1, 0.15) is 0 Å². The molecule has 1 rings (SSSR count). The summed E-state index contributed by atoms with van der Waals surface area (Å²) in [5.41, 5.74) is 0.943. The smallest absolute Gasteiger partial charge is 0.357 e. The Balaban J connectivity index is 3.03. The summed E-state index contributed by atoms with van der Waals surface area (Å²) in [6, 6.07) is 1.61. The standard InChI is InChI=1S/C10H13ClN2O2/c1-4-15-9(14)8-5-7(6(2)3)12-10(11)13-8/h5-6H,4H2,1-3H3. The second-order valence-corrected chi connectivity index (χ2v) is 3.66. The molecule has 0 amide bonds. The van der Waals surface area contributed by atoms with Gasteiger partial charge >= 0.3 is 5.97 Å². The van der Waals surface area contributed by atoms with Crippen LogP contribution in [0, 0.1) is 0 Å². The lowest BCUT2D eigenvalue weighted by Gasteiger charge is -2.06. The quantitative estimate of drug-likeness (QED) is 0.589. The lowest BCUT2D eigenvalue weighted by molar-refractivity contribution is 0.0519. The Morgan fingerprint density at radius 3 is 2.73 bits per heavy atom. The molecule has 0 bridgehead atoms. The molecule has 0 aliphatic carbocycles. The summed E-state index contributed by atoms with van der Waals surface area (Å²) in [5, 5.41) is 0.0734. The van der Waals surface area contributed by atoms with E-state index >= 15 is 0 Å². The van der Waals surface area contributed by atoms with E-state index in [1.165, 1.54) is 0 Å². The van der Waals surface area contributed by atoms with Crippen LogP contribution in [0.5, 0.6) is 0 Å². The number of halogens is 1. The van der Waals surface area contributed by atoms with E-state index in [9.17, 15) is 4.79 Å². The molecule has 0 saturated heterocycles. The fourth-order valence-corrected chi connectivity index (χ4v) is 1.23. The Kier molecular flexibility index (Phi) is 4.03. The summed E-state index contributed by atoms with van der Waals surface area (Å²) in [6.45, 7) is 5.99. The number of esters is 1. The molecular formula is C10H13ClN2O2. The minimum absolute atomic E-state index is 0.0734. The van der Waals surface area contributed by atoms with E-state index in [0.717, 1.165) is 5.69 Å². The fraction of sp³-hybridized carbons (Fsp3) is 0.500. The van der Waals surface area contributed by atoms with E-state index in [1.54, 1.807) is 13.0 Å². The van der Waals surface area contributed by atoms with E-state index in [0.29, 0.717) is 6.61 Å². The number of rotatable bonds is 3. The zero-order chi connectivity index (χ0) is 11.4. The maximum atomic E-state index is 11.4. The van der Waals surface area contributed by atoms with E-state index < -0.39 is 5.97 Å². The van der Waals surface area contributed by atoms with Crippen LogP contribution < -0.4 is 0 Å². The molecule has 0 aliphatic heterocycles. The van der Waals surface area contributed by atoms with Gasteiger partial charge in [0.15, 0.2) is 5.69 Å². The van der Waals surface area contributed by atoms with Gasteiger partial charge in [-0.15, -0.1) is 0 Å². The normalized spacial score (nSPS) is 10.5. The van der Waals surface area contributed by atoms with E-state index in [1.807, 2.05) is 13.8 Å². The van der Waals surface area contributed by atoms with Crippen LogP contribution in [0.1, 0.15) is 42.9 Å². The van der Waals surface area contributed by atoms with Crippen LogP contribution in [-0.4, -0.2) is 22.5 Å². The Labute approximate surface area is 93.6 Å². The average molecular weight is 229 g/mol. The lowest BCUT2D eigenvalue weighted by Crippen LogP contribution is -2.09. The van der Waals surface area contributed by atoms with Crippen molar-refractivity contribution in [1.82, 2.24) is 9.97 Å². The number of carbonyl (C=O) groups excluding carboxylic acids is 1. The molecule has 0 fully saturated rings. The molecule has 0 spiro atoms. The number of carbonyl (C=O) groups is 1. The number of nitrogens with zero attached hydrogens (tertiary/aromatic N) is 2. The molecule has 82 valence electrons. The number of hydrogen-bond acceptors (Lipinski definition) is 4. The van der Waals surface area contributed by atoms with Gasteiger partial charge in [-0.25, -0.2) is 14.8 Å². The third-order valence-electron chi connectivity index (χ3n) is 1.79. The highest BCUT2D eigenvalue weighted by Gasteiger charge is 2.13. The van der Waals surface area contributed by atoms with Crippen molar-refractivity contribution in [2.24, 2.45) is 0 Å². The average Bonchev–Trinajstić information content (AvgIpc) is 2.17. The van der Waals surface area contributed by atoms with Gasteiger partial charge < -0.3 is 4.74 Å². The van der Waals surface area contributed by atoms with Crippen LogP contribution in [0.2, 0.25) is 5.28 Å². The van der Waals surface area contributed by atoms with E-state index in [2.05, 4.69) is 9.97 Å². The summed E-state index contributed by atoms with van der Waals surface area (Å²) in [7, 11) is 0. The summed E-state index contributed by atoms with van der Waals surface area (Å²) in [4.78, 5) is 19.2. The molecule has 4 nitrogen and oxygen atoms in total. The maximum Gasteiger partial charge on any atom is 0.357 e. The minimum Gasteiger partial charge on any atom is -0.461 e. The monoisotopic (exact) mass is 228 g/mol. The number of hydrogen-bond donors (Lipinski definition) is 0. The van der Waals surface area contributed by atoms with Crippen LogP contribution in [-0.2, 0) is 4.74 Å². The van der Waals surface area contributed by atoms with Crippen LogP contribution in [0.4, 0.5) is 0 Å². The highest BCUT2D eigenvalue weighted by Crippen LogP contribution is 2.15. The van der Waals surface area contributed by atoms with Gasteiger partial charge in [-0.3, -0.25) is 0 Å². The Bertz CT molecular complexity index is 366. The second kappa shape index (κ2) is 5.07. The van der Waals surface area contributed by atoms with E-state index in [-0.39, 0.29) is 16.9 Å². The Hall–Kier alpha value is -1.16. The van der Waals surface area contributed by atoms with Crippen LogP contribution in [0.15, 0.2) is 6.07 Å². The molecule has 0 radical (unpaired) electrons. The molecule has 0 unspecified atom stereocenters. The first-order valence-electron chi connectivity index (χ1n) is 4.76. The zero-order valence-corrected chi connectivity index (χ0v) is 9.71. The molecule has 5 heteroatoms. The topological polar surface area (TPSA) is 52.1 Å².